The average molecular weight is 279 g/mol. The maximum Gasteiger partial charge on any atom is 0.246 e. The van der Waals surface area contributed by atoms with Gasteiger partial charge in [0.05, 0.1) is 12.1 Å². The van der Waals surface area contributed by atoms with Crippen molar-refractivity contribution in [3.63, 3.8) is 0 Å². The molecule has 1 amide bonds. The number of carbonyl (C=O) groups excluding carboxylic acids is 1. The molecule has 6 heteroatoms. The second-order valence-electron chi connectivity index (χ2n) is 5.77. The van der Waals surface area contributed by atoms with Crippen LogP contribution in [0.1, 0.15) is 37.1 Å². The number of aromatic nitrogens is 1. The Morgan fingerprint density at radius 1 is 1.65 bits per heavy atom. The Morgan fingerprint density at radius 2 is 2.55 bits per heavy atom. The van der Waals surface area contributed by atoms with Gasteiger partial charge in [0.25, 0.3) is 0 Å². The number of hydrogen-bond donors (Lipinski definition) is 2. The van der Waals surface area contributed by atoms with Crippen LogP contribution in [0.15, 0.2) is 10.6 Å². The lowest BCUT2D eigenvalue weighted by atomic mass is 9.93. The molecule has 2 atom stereocenters. The number of amides is 1. The van der Waals surface area contributed by atoms with E-state index < -0.39 is 0 Å². The van der Waals surface area contributed by atoms with Crippen molar-refractivity contribution in [2.75, 3.05) is 13.2 Å². The first-order chi connectivity index (χ1) is 9.68. The fraction of sp³-hybridized carbons (Fsp3) is 0.714. The number of nitrogens with zero attached hydrogens (tertiary/aromatic N) is 1. The van der Waals surface area contributed by atoms with E-state index >= 15 is 0 Å². The van der Waals surface area contributed by atoms with Gasteiger partial charge in [-0.25, -0.2) is 0 Å². The molecule has 110 valence electrons. The van der Waals surface area contributed by atoms with E-state index in [1.54, 1.807) is 0 Å². The predicted molar refractivity (Wildman–Crippen MR) is 72.0 cm³/mol. The van der Waals surface area contributed by atoms with Gasteiger partial charge in [0.15, 0.2) is 0 Å². The van der Waals surface area contributed by atoms with Gasteiger partial charge in [-0.1, -0.05) is 5.16 Å². The number of ether oxygens (including phenoxy) is 1. The van der Waals surface area contributed by atoms with Gasteiger partial charge in [0, 0.05) is 12.1 Å². The van der Waals surface area contributed by atoms with E-state index in [2.05, 4.69) is 15.8 Å². The molecule has 0 bridgehead atoms. The molecule has 1 saturated heterocycles. The van der Waals surface area contributed by atoms with Crippen molar-refractivity contribution < 1.29 is 14.1 Å². The third-order valence-electron chi connectivity index (χ3n) is 4.29. The van der Waals surface area contributed by atoms with Crippen molar-refractivity contribution in [3.8, 4) is 0 Å². The molecule has 2 heterocycles. The summed E-state index contributed by atoms with van der Waals surface area (Å²) in [6.45, 7) is 3.19. The highest BCUT2D eigenvalue weighted by atomic mass is 16.5. The molecule has 20 heavy (non-hydrogen) atoms. The van der Waals surface area contributed by atoms with Gasteiger partial charge in [-0.3, -0.25) is 4.79 Å². The van der Waals surface area contributed by atoms with Crippen molar-refractivity contribution in [1.29, 1.82) is 0 Å². The number of rotatable bonds is 5. The predicted octanol–water partition coefficient (Wildman–Crippen LogP) is 0.900. The van der Waals surface area contributed by atoms with Gasteiger partial charge in [0.2, 0.25) is 5.91 Å². The molecule has 0 aromatic carbocycles. The molecule has 6 nitrogen and oxygen atoms in total. The molecule has 1 aromatic heterocycles. The van der Waals surface area contributed by atoms with Gasteiger partial charge < -0.3 is 19.9 Å². The van der Waals surface area contributed by atoms with E-state index in [-0.39, 0.29) is 18.1 Å². The zero-order valence-corrected chi connectivity index (χ0v) is 11.8. The number of aryl methyl sites for hydroxylation is 1. The smallest absolute Gasteiger partial charge is 0.246 e. The Morgan fingerprint density at radius 3 is 3.35 bits per heavy atom. The van der Waals surface area contributed by atoms with Crippen LogP contribution in [0.3, 0.4) is 0 Å². The summed E-state index contributed by atoms with van der Waals surface area (Å²) in [5.41, 5.74) is 0.681. The Bertz CT molecular complexity index is 476. The molecule has 2 unspecified atom stereocenters. The minimum Gasteiger partial charge on any atom is -0.365 e. The van der Waals surface area contributed by atoms with Crippen LogP contribution < -0.4 is 10.6 Å². The number of carbonyl (C=O) groups is 1. The summed E-state index contributed by atoms with van der Waals surface area (Å²) in [5.74, 6) is 0.707. The summed E-state index contributed by atoms with van der Waals surface area (Å²) in [5, 5.41) is 10.5. The molecule has 0 radical (unpaired) electrons. The fourth-order valence-corrected chi connectivity index (χ4v) is 3.40. The highest BCUT2D eigenvalue weighted by Crippen LogP contribution is 2.36. The standard InChI is InChI=1S/C14H21N3O3/c1-10-7-11(17-20-10)8-19-9-13(18)16-14-4-2-3-12(14)15-6-5-14/h7,12,15H,2-6,8-9H2,1H3,(H,16,18). The van der Waals surface area contributed by atoms with E-state index in [0.717, 1.165) is 37.3 Å². The maximum atomic E-state index is 12.0. The fourth-order valence-electron chi connectivity index (χ4n) is 3.40. The number of hydrogen-bond acceptors (Lipinski definition) is 5. The summed E-state index contributed by atoms with van der Waals surface area (Å²) in [6.07, 6.45) is 4.42. The molecular formula is C14H21N3O3. The Balaban J connectivity index is 1.45. The third-order valence-corrected chi connectivity index (χ3v) is 4.29. The van der Waals surface area contributed by atoms with Crippen LogP contribution in [0.4, 0.5) is 0 Å². The van der Waals surface area contributed by atoms with Crippen LogP contribution in [0.5, 0.6) is 0 Å². The number of nitrogens with one attached hydrogen (secondary N) is 2. The zero-order chi connectivity index (χ0) is 14.0. The molecule has 2 N–H and O–H groups in total. The van der Waals surface area contributed by atoms with Crippen molar-refractivity contribution in [1.82, 2.24) is 15.8 Å². The third kappa shape index (κ3) is 2.71. The van der Waals surface area contributed by atoms with Crippen LogP contribution in [-0.2, 0) is 16.1 Å². The molecule has 3 rings (SSSR count). The molecule has 1 aliphatic heterocycles. The Kier molecular flexibility index (Phi) is 3.76. The summed E-state index contributed by atoms with van der Waals surface area (Å²) < 4.78 is 10.3. The lowest BCUT2D eigenvalue weighted by molar-refractivity contribution is -0.128. The van der Waals surface area contributed by atoms with E-state index in [0.29, 0.717) is 12.6 Å². The van der Waals surface area contributed by atoms with Crippen molar-refractivity contribution in [2.24, 2.45) is 0 Å². The Labute approximate surface area is 118 Å². The van der Waals surface area contributed by atoms with Gasteiger partial charge in [-0.2, -0.15) is 0 Å². The van der Waals surface area contributed by atoms with Gasteiger partial charge in [-0.05, 0) is 39.2 Å². The molecule has 1 aromatic rings. The monoisotopic (exact) mass is 279 g/mol. The lowest BCUT2D eigenvalue weighted by Gasteiger charge is -2.30. The van der Waals surface area contributed by atoms with E-state index in [9.17, 15) is 4.79 Å². The highest BCUT2D eigenvalue weighted by molar-refractivity contribution is 5.78. The van der Waals surface area contributed by atoms with E-state index in [1.807, 2.05) is 13.0 Å². The summed E-state index contributed by atoms with van der Waals surface area (Å²) in [6, 6.07) is 2.24. The summed E-state index contributed by atoms with van der Waals surface area (Å²) in [4.78, 5) is 12.0. The first-order valence-corrected chi connectivity index (χ1v) is 7.22. The second-order valence-corrected chi connectivity index (χ2v) is 5.77. The van der Waals surface area contributed by atoms with Crippen LogP contribution in [0.2, 0.25) is 0 Å². The topological polar surface area (TPSA) is 76.4 Å². The lowest BCUT2D eigenvalue weighted by Crippen LogP contribution is -2.53. The number of fused-ring (bicyclic) bond motifs is 1. The second kappa shape index (κ2) is 5.54. The molecular weight excluding hydrogens is 258 g/mol. The molecule has 1 aliphatic carbocycles. The van der Waals surface area contributed by atoms with Crippen LogP contribution >= 0.6 is 0 Å². The highest BCUT2D eigenvalue weighted by Gasteiger charge is 2.46. The first-order valence-electron chi connectivity index (χ1n) is 7.22. The van der Waals surface area contributed by atoms with Crippen LogP contribution in [0, 0.1) is 6.92 Å². The molecule has 1 saturated carbocycles. The summed E-state index contributed by atoms with van der Waals surface area (Å²) in [7, 11) is 0. The first kappa shape index (κ1) is 13.6. The van der Waals surface area contributed by atoms with E-state index in [1.165, 1.54) is 6.42 Å². The van der Waals surface area contributed by atoms with Gasteiger partial charge >= 0.3 is 0 Å². The SMILES string of the molecule is Cc1cc(COCC(=O)NC23CCCC2NCC3)no1. The van der Waals surface area contributed by atoms with E-state index in [4.69, 9.17) is 9.26 Å². The molecule has 0 spiro atoms. The van der Waals surface area contributed by atoms with Crippen LogP contribution in [-0.4, -0.2) is 35.8 Å². The van der Waals surface area contributed by atoms with Crippen LogP contribution in [0.25, 0.3) is 0 Å². The van der Waals surface area contributed by atoms with Gasteiger partial charge in [0.1, 0.15) is 18.1 Å². The Hall–Kier alpha value is -1.40. The summed E-state index contributed by atoms with van der Waals surface area (Å²) >= 11 is 0. The van der Waals surface area contributed by atoms with Crippen molar-refractivity contribution in [3.05, 3.63) is 17.5 Å². The molecule has 2 aliphatic rings. The quantitative estimate of drug-likeness (QED) is 0.837. The largest absolute Gasteiger partial charge is 0.365 e. The zero-order valence-electron chi connectivity index (χ0n) is 11.8. The van der Waals surface area contributed by atoms with Crippen molar-refractivity contribution in [2.45, 2.75) is 50.8 Å². The van der Waals surface area contributed by atoms with Crippen molar-refractivity contribution >= 4 is 5.91 Å². The minimum atomic E-state index is -0.0409. The maximum absolute atomic E-state index is 12.0. The normalized spacial score (nSPS) is 28.6. The minimum absolute atomic E-state index is 0.0368. The molecule has 2 fully saturated rings. The van der Waals surface area contributed by atoms with Gasteiger partial charge in [-0.15, -0.1) is 0 Å². The average Bonchev–Trinajstić information content (AvgIpc) is 3.04.